The zero-order chi connectivity index (χ0) is 22.0. The molecule has 164 valence electrons. The lowest BCUT2D eigenvalue weighted by Gasteiger charge is -2.20. The van der Waals surface area contributed by atoms with Gasteiger partial charge in [0.1, 0.15) is 0 Å². The zero-order valence-corrected chi connectivity index (χ0v) is 17.5. The van der Waals surface area contributed by atoms with Crippen molar-refractivity contribution in [3.05, 3.63) is 54.1 Å². The number of sulfonamides is 2. The predicted molar refractivity (Wildman–Crippen MR) is 106 cm³/mol. The van der Waals surface area contributed by atoms with E-state index < -0.39 is 36.7 Å². The molecule has 0 unspecified atom stereocenters. The molecular weight excluding hydrogens is 441 g/mol. The molecule has 6 nitrogen and oxygen atoms in total. The fraction of sp³-hybridized carbons (Fsp3) is 0.368. The number of nitrogens with one attached hydrogen (secondary N) is 1. The molecule has 1 saturated heterocycles. The van der Waals surface area contributed by atoms with Crippen molar-refractivity contribution < 1.29 is 30.0 Å². The minimum absolute atomic E-state index is 0.00281. The maximum Gasteiger partial charge on any atom is 0.417 e. The Morgan fingerprint density at radius 1 is 0.800 bits per heavy atom. The molecular formula is C19H21F3N2O4S2. The van der Waals surface area contributed by atoms with Gasteiger partial charge in [0, 0.05) is 18.8 Å². The maximum absolute atomic E-state index is 13.1. The van der Waals surface area contributed by atoms with Gasteiger partial charge in [-0.05, 0) is 49.2 Å². The molecule has 0 spiro atoms. The molecule has 1 fully saturated rings. The molecule has 2 aromatic rings. The van der Waals surface area contributed by atoms with Crippen LogP contribution in [0.1, 0.15) is 31.2 Å². The molecule has 0 aromatic heterocycles. The summed E-state index contributed by atoms with van der Waals surface area (Å²) >= 11 is 0. The number of hydrogen-bond donors (Lipinski definition) is 1. The Labute approximate surface area is 173 Å². The average Bonchev–Trinajstić information content (AvgIpc) is 2.98. The molecule has 1 aliphatic heterocycles. The lowest BCUT2D eigenvalue weighted by atomic mass is 10.2. The quantitative estimate of drug-likeness (QED) is 0.726. The highest BCUT2D eigenvalue weighted by Crippen LogP contribution is 2.34. The van der Waals surface area contributed by atoms with Gasteiger partial charge in [0.25, 0.3) is 10.0 Å². The van der Waals surface area contributed by atoms with E-state index in [1.54, 1.807) is 0 Å². The highest BCUT2D eigenvalue weighted by Gasteiger charge is 2.37. The molecule has 1 aliphatic rings. The number of anilines is 1. The van der Waals surface area contributed by atoms with Crippen molar-refractivity contribution in [3.63, 3.8) is 0 Å². The number of benzene rings is 2. The molecule has 2 aromatic carbocycles. The summed E-state index contributed by atoms with van der Waals surface area (Å²) < 4.78 is 93.5. The van der Waals surface area contributed by atoms with Gasteiger partial charge >= 0.3 is 6.18 Å². The fourth-order valence-electron chi connectivity index (χ4n) is 3.27. The Kier molecular flexibility index (Phi) is 6.44. The average molecular weight is 463 g/mol. The summed E-state index contributed by atoms with van der Waals surface area (Å²) in [5, 5.41) is 0. The first-order valence-corrected chi connectivity index (χ1v) is 12.2. The van der Waals surface area contributed by atoms with Gasteiger partial charge < -0.3 is 0 Å². The van der Waals surface area contributed by atoms with Gasteiger partial charge in [-0.15, -0.1) is 0 Å². The smallest absolute Gasteiger partial charge is 0.280 e. The van der Waals surface area contributed by atoms with Crippen LogP contribution in [0.15, 0.2) is 58.3 Å². The molecule has 11 heteroatoms. The SMILES string of the molecule is O=S(=O)(Nc1ccc(S(=O)(=O)N2CCCCCC2)cc1)c1ccccc1C(F)(F)F. The monoisotopic (exact) mass is 462 g/mol. The summed E-state index contributed by atoms with van der Waals surface area (Å²) in [5.74, 6) is 0. The molecule has 0 radical (unpaired) electrons. The van der Waals surface area contributed by atoms with Gasteiger partial charge in [0.05, 0.1) is 15.4 Å². The van der Waals surface area contributed by atoms with Crippen molar-refractivity contribution in [1.29, 1.82) is 0 Å². The molecule has 0 aliphatic carbocycles. The standard InChI is InChI=1S/C19H21F3N2O4S2/c20-19(21,22)17-7-3-4-8-18(17)29(25,26)23-15-9-11-16(12-10-15)30(27,28)24-13-5-1-2-6-14-24/h3-4,7-12,23H,1-2,5-6,13-14H2. The van der Waals surface area contributed by atoms with E-state index in [0.29, 0.717) is 19.2 Å². The van der Waals surface area contributed by atoms with E-state index in [1.165, 1.54) is 34.6 Å². The molecule has 0 amide bonds. The van der Waals surface area contributed by atoms with Crippen LogP contribution in [0.2, 0.25) is 0 Å². The summed E-state index contributed by atoms with van der Waals surface area (Å²) in [6.07, 6.45) is -1.36. The first-order chi connectivity index (χ1) is 14.0. The third-order valence-electron chi connectivity index (χ3n) is 4.79. The molecule has 0 bridgehead atoms. The van der Waals surface area contributed by atoms with Gasteiger partial charge in [0.15, 0.2) is 0 Å². The second-order valence-corrected chi connectivity index (χ2v) is 10.5. The van der Waals surface area contributed by atoms with Crippen LogP contribution >= 0.6 is 0 Å². The van der Waals surface area contributed by atoms with Crippen molar-refractivity contribution in [3.8, 4) is 0 Å². The largest absolute Gasteiger partial charge is 0.417 e. The maximum atomic E-state index is 13.1. The molecule has 0 atom stereocenters. The minimum Gasteiger partial charge on any atom is -0.280 e. The summed E-state index contributed by atoms with van der Waals surface area (Å²) in [4.78, 5) is -0.901. The van der Waals surface area contributed by atoms with E-state index in [9.17, 15) is 30.0 Å². The second-order valence-electron chi connectivity index (χ2n) is 6.94. The Morgan fingerprint density at radius 3 is 1.93 bits per heavy atom. The zero-order valence-electron chi connectivity index (χ0n) is 15.9. The molecule has 30 heavy (non-hydrogen) atoms. The van der Waals surface area contributed by atoms with Crippen LogP contribution < -0.4 is 4.72 Å². The van der Waals surface area contributed by atoms with Crippen LogP contribution in [0.5, 0.6) is 0 Å². The lowest BCUT2D eigenvalue weighted by molar-refractivity contribution is -0.139. The van der Waals surface area contributed by atoms with E-state index in [1.807, 2.05) is 0 Å². The van der Waals surface area contributed by atoms with Crippen molar-refractivity contribution in [2.75, 3.05) is 17.8 Å². The Bertz CT molecular complexity index is 1090. The number of alkyl halides is 3. The minimum atomic E-state index is -4.84. The van der Waals surface area contributed by atoms with Crippen molar-refractivity contribution in [2.45, 2.75) is 41.7 Å². The Morgan fingerprint density at radius 2 is 1.37 bits per heavy atom. The van der Waals surface area contributed by atoms with E-state index in [0.717, 1.165) is 37.8 Å². The topological polar surface area (TPSA) is 83.5 Å². The molecule has 1 heterocycles. The van der Waals surface area contributed by atoms with Gasteiger partial charge in [-0.3, -0.25) is 4.72 Å². The number of rotatable bonds is 5. The van der Waals surface area contributed by atoms with Crippen LogP contribution in [0, 0.1) is 0 Å². The van der Waals surface area contributed by atoms with Crippen molar-refractivity contribution in [2.24, 2.45) is 0 Å². The molecule has 3 rings (SSSR count). The highest BCUT2D eigenvalue weighted by molar-refractivity contribution is 7.92. The lowest BCUT2D eigenvalue weighted by Crippen LogP contribution is -2.31. The van der Waals surface area contributed by atoms with Crippen LogP contribution in [0.3, 0.4) is 0 Å². The first kappa shape index (κ1) is 22.6. The Hall–Kier alpha value is -2.11. The van der Waals surface area contributed by atoms with Crippen LogP contribution in [-0.4, -0.2) is 34.2 Å². The third-order valence-corrected chi connectivity index (χ3v) is 8.14. The fourth-order valence-corrected chi connectivity index (χ4v) is 6.08. The van der Waals surface area contributed by atoms with E-state index >= 15 is 0 Å². The summed E-state index contributed by atoms with van der Waals surface area (Å²) in [6.45, 7) is 0.843. The Balaban J connectivity index is 1.84. The predicted octanol–water partition coefficient (Wildman–Crippen LogP) is 4.07. The van der Waals surface area contributed by atoms with Crippen LogP contribution in [0.25, 0.3) is 0 Å². The number of hydrogen-bond acceptors (Lipinski definition) is 4. The van der Waals surface area contributed by atoms with Crippen molar-refractivity contribution >= 4 is 25.7 Å². The summed E-state index contributed by atoms with van der Waals surface area (Å²) in [6, 6.07) is 8.78. The van der Waals surface area contributed by atoms with E-state index in [2.05, 4.69) is 4.72 Å². The second kappa shape index (κ2) is 8.56. The first-order valence-electron chi connectivity index (χ1n) is 9.31. The van der Waals surface area contributed by atoms with E-state index in [4.69, 9.17) is 0 Å². The normalized spacial score (nSPS) is 16.8. The summed E-state index contributed by atoms with van der Waals surface area (Å²) in [5.41, 5.74) is -1.32. The van der Waals surface area contributed by atoms with E-state index in [-0.39, 0.29) is 10.6 Å². The number of halogens is 3. The highest BCUT2D eigenvalue weighted by atomic mass is 32.2. The van der Waals surface area contributed by atoms with Crippen LogP contribution in [-0.2, 0) is 26.2 Å². The van der Waals surface area contributed by atoms with Gasteiger partial charge in [-0.25, -0.2) is 16.8 Å². The third kappa shape index (κ3) is 4.96. The number of nitrogens with zero attached hydrogens (tertiary/aromatic N) is 1. The molecule has 1 N–H and O–H groups in total. The van der Waals surface area contributed by atoms with Gasteiger partial charge in [-0.1, -0.05) is 25.0 Å². The summed E-state index contributed by atoms with van der Waals surface area (Å²) in [7, 11) is -8.25. The van der Waals surface area contributed by atoms with Gasteiger partial charge in [0.2, 0.25) is 10.0 Å². The molecule has 0 saturated carbocycles. The van der Waals surface area contributed by atoms with Crippen LogP contribution in [0.4, 0.5) is 18.9 Å². The van der Waals surface area contributed by atoms with Crippen molar-refractivity contribution in [1.82, 2.24) is 4.31 Å². The van der Waals surface area contributed by atoms with Gasteiger partial charge in [-0.2, -0.15) is 17.5 Å².